The summed E-state index contributed by atoms with van der Waals surface area (Å²) in [5.41, 5.74) is -0.804. The van der Waals surface area contributed by atoms with Gasteiger partial charge in [-0.15, -0.1) is 0 Å². The number of rotatable bonds is 2. The maximum Gasteiger partial charge on any atom is 0.359 e. The number of hydroxylamine groups is 1. The van der Waals surface area contributed by atoms with E-state index >= 15 is 0 Å². The molecule has 1 aromatic rings. The summed E-state index contributed by atoms with van der Waals surface area (Å²) in [7, 11) is 0. The van der Waals surface area contributed by atoms with Crippen LogP contribution in [0.1, 0.15) is 6.92 Å². The molecule has 1 N–H and O–H groups in total. The first-order valence-corrected chi connectivity index (χ1v) is 4.50. The molecule has 1 saturated heterocycles. The van der Waals surface area contributed by atoms with Gasteiger partial charge < -0.3 is 9.84 Å². The number of nitrogens with zero attached hydrogens (tertiary/aromatic N) is 1. The van der Waals surface area contributed by atoms with Gasteiger partial charge in [0.05, 0.1) is 5.69 Å². The van der Waals surface area contributed by atoms with E-state index in [0.29, 0.717) is 5.69 Å². The third-order valence-electron chi connectivity index (χ3n) is 2.30. The van der Waals surface area contributed by atoms with Crippen LogP contribution in [0.5, 0.6) is 0 Å². The van der Waals surface area contributed by atoms with Gasteiger partial charge in [0, 0.05) is 0 Å². The molecule has 2 rings (SSSR count). The summed E-state index contributed by atoms with van der Waals surface area (Å²) < 4.78 is 5.07. The van der Waals surface area contributed by atoms with Gasteiger partial charge in [-0.25, -0.2) is 14.7 Å². The van der Waals surface area contributed by atoms with Crippen molar-refractivity contribution in [2.75, 3.05) is 11.9 Å². The Hall–Kier alpha value is -1.59. The Balaban J connectivity index is 2.34. The summed E-state index contributed by atoms with van der Waals surface area (Å²) in [5.74, 6) is -1.08. The van der Waals surface area contributed by atoms with Crippen LogP contribution in [0.2, 0.25) is 0 Å². The number of para-hydroxylation sites is 1. The van der Waals surface area contributed by atoms with E-state index in [0.717, 1.165) is 0 Å². The van der Waals surface area contributed by atoms with Gasteiger partial charge in [-0.2, -0.15) is 0 Å². The molecule has 15 heavy (non-hydrogen) atoms. The summed E-state index contributed by atoms with van der Waals surface area (Å²) in [6, 6.07) is 8.98. The zero-order valence-electron chi connectivity index (χ0n) is 8.21. The normalized spacial score (nSPS) is 25.5. The van der Waals surface area contributed by atoms with Crippen molar-refractivity contribution in [2.24, 2.45) is 0 Å². The molecule has 0 aromatic heterocycles. The van der Waals surface area contributed by atoms with Crippen molar-refractivity contribution in [3.05, 3.63) is 30.3 Å². The summed E-state index contributed by atoms with van der Waals surface area (Å²) in [6.07, 6.45) is 0. The highest BCUT2D eigenvalue weighted by Crippen LogP contribution is 2.30. The van der Waals surface area contributed by atoms with Crippen molar-refractivity contribution in [3.8, 4) is 0 Å². The van der Waals surface area contributed by atoms with Crippen molar-refractivity contribution < 1.29 is 19.5 Å². The van der Waals surface area contributed by atoms with Gasteiger partial charge in [-0.05, 0) is 19.1 Å². The van der Waals surface area contributed by atoms with Gasteiger partial charge in [0.15, 0.2) is 6.79 Å². The molecule has 1 aliphatic rings. The minimum atomic E-state index is -1.46. The lowest BCUT2D eigenvalue weighted by Gasteiger charge is -2.28. The number of benzene rings is 1. The lowest BCUT2D eigenvalue weighted by molar-refractivity contribution is -0.157. The van der Waals surface area contributed by atoms with Crippen LogP contribution >= 0.6 is 0 Å². The third-order valence-corrected chi connectivity index (χ3v) is 2.30. The van der Waals surface area contributed by atoms with E-state index in [9.17, 15) is 4.79 Å². The minimum Gasteiger partial charge on any atom is -0.478 e. The molecule has 1 aliphatic heterocycles. The number of anilines is 1. The molecule has 5 heteroatoms. The second kappa shape index (κ2) is 3.52. The van der Waals surface area contributed by atoms with Crippen molar-refractivity contribution in [2.45, 2.75) is 12.6 Å². The zero-order chi connectivity index (χ0) is 10.9. The fraction of sp³-hybridized carbons (Fsp3) is 0.300. The molecule has 0 amide bonds. The molecular weight excluding hydrogens is 198 g/mol. The van der Waals surface area contributed by atoms with E-state index in [1.807, 2.05) is 6.07 Å². The maximum absolute atomic E-state index is 11.1. The van der Waals surface area contributed by atoms with Crippen molar-refractivity contribution in [1.29, 1.82) is 0 Å². The largest absolute Gasteiger partial charge is 0.478 e. The number of hydrogen-bond donors (Lipinski definition) is 1. The van der Waals surface area contributed by atoms with E-state index in [1.165, 1.54) is 12.0 Å². The van der Waals surface area contributed by atoms with Gasteiger partial charge in [0.2, 0.25) is 0 Å². The lowest BCUT2D eigenvalue weighted by atomic mass is 10.2. The Bertz CT molecular complexity index is 367. The van der Waals surface area contributed by atoms with Crippen LogP contribution < -0.4 is 5.06 Å². The summed E-state index contributed by atoms with van der Waals surface area (Å²) >= 11 is 0. The smallest absolute Gasteiger partial charge is 0.359 e. The zero-order valence-corrected chi connectivity index (χ0v) is 8.21. The fourth-order valence-corrected chi connectivity index (χ4v) is 1.41. The van der Waals surface area contributed by atoms with Crippen molar-refractivity contribution in [3.63, 3.8) is 0 Å². The van der Waals surface area contributed by atoms with E-state index in [-0.39, 0.29) is 6.79 Å². The van der Waals surface area contributed by atoms with Crippen LogP contribution in [0.15, 0.2) is 30.3 Å². The molecule has 0 aliphatic carbocycles. The van der Waals surface area contributed by atoms with Gasteiger partial charge in [0.1, 0.15) is 0 Å². The molecule has 0 radical (unpaired) electrons. The topological polar surface area (TPSA) is 59.0 Å². The molecule has 0 saturated carbocycles. The standard InChI is InChI=1S/C10H11NO4/c1-10(9(12)13)11(15-7-14-10)8-5-3-2-4-6-8/h2-6H,7H2,1H3,(H,12,13)/t10-/m1/s1. The predicted octanol–water partition coefficient (Wildman–Crippen LogP) is 1.21. The number of carboxylic acid groups (broad SMARTS) is 1. The average Bonchev–Trinajstić information content (AvgIpc) is 2.63. The van der Waals surface area contributed by atoms with Gasteiger partial charge in [-0.3, -0.25) is 0 Å². The summed E-state index contributed by atoms with van der Waals surface area (Å²) in [6.45, 7) is 1.40. The molecule has 0 spiro atoms. The highest BCUT2D eigenvalue weighted by Gasteiger charge is 2.47. The second-order valence-corrected chi connectivity index (χ2v) is 3.31. The van der Waals surface area contributed by atoms with Crippen LogP contribution in [0.25, 0.3) is 0 Å². The molecule has 1 fully saturated rings. The van der Waals surface area contributed by atoms with Crippen molar-refractivity contribution in [1.82, 2.24) is 0 Å². The van der Waals surface area contributed by atoms with E-state index in [4.69, 9.17) is 14.7 Å². The fourth-order valence-electron chi connectivity index (χ4n) is 1.41. The van der Waals surface area contributed by atoms with Crippen LogP contribution in [0, 0.1) is 0 Å². The number of carboxylic acids is 1. The van der Waals surface area contributed by atoms with Gasteiger partial charge >= 0.3 is 5.97 Å². The van der Waals surface area contributed by atoms with Crippen LogP contribution in [0.3, 0.4) is 0 Å². The third kappa shape index (κ3) is 1.55. The first-order valence-electron chi connectivity index (χ1n) is 4.50. The molecule has 0 unspecified atom stereocenters. The summed E-state index contributed by atoms with van der Waals surface area (Å²) in [5, 5.41) is 10.3. The molecule has 0 bridgehead atoms. The Kier molecular flexibility index (Phi) is 2.34. The van der Waals surface area contributed by atoms with Crippen LogP contribution in [-0.4, -0.2) is 23.6 Å². The number of hydrogen-bond acceptors (Lipinski definition) is 4. The first kappa shape index (κ1) is 9.95. The van der Waals surface area contributed by atoms with Crippen molar-refractivity contribution >= 4 is 11.7 Å². The number of carbonyl (C=O) groups is 1. The first-order chi connectivity index (χ1) is 7.14. The monoisotopic (exact) mass is 209 g/mol. The van der Waals surface area contributed by atoms with Gasteiger partial charge in [-0.1, -0.05) is 18.2 Å². The molecule has 80 valence electrons. The predicted molar refractivity (Wildman–Crippen MR) is 52.0 cm³/mol. The van der Waals surface area contributed by atoms with Crippen LogP contribution in [0.4, 0.5) is 5.69 Å². The molecule has 5 nitrogen and oxygen atoms in total. The van der Waals surface area contributed by atoms with Crippen LogP contribution in [-0.2, 0) is 14.4 Å². The molecule has 1 heterocycles. The molecule has 1 atom stereocenters. The van der Waals surface area contributed by atoms with E-state index in [1.54, 1.807) is 24.3 Å². The minimum absolute atomic E-state index is 0.0578. The summed E-state index contributed by atoms with van der Waals surface area (Å²) in [4.78, 5) is 16.2. The Labute approximate surface area is 86.8 Å². The van der Waals surface area contributed by atoms with Gasteiger partial charge in [0.25, 0.3) is 5.72 Å². The Morgan fingerprint density at radius 3 is 2.73 bits per heavy atom. The SMILES string of the molecule is C[C@]1(C(=O)O)OCON1c1ccccc1. The van der Waals surface area contributed by atoms with E-state index < -0.39 is 11.7 Å². The number of ether oxygens (including phenoxy) is 1. The quantitative estimate of drug-likeness (QED) is 0.793. The Morgan fingerprint density at radius 2 is 2.13 bits per heavy atom. The Morgan fingerprint density at radius 1 is 1.47 bits per heavy atom. The number of aliphatic carboxylic acids is 1. The highest BCUT2D eigenvalue weighted by molar-refractivity contribution is 5.80. The highest BCUT2D eigenvalue weighted by atomic mass is 16.9. The average molecular weight is 209 g/mol. The molecule has 1 aromatic carbocycles. The van der Waals surface area contributed by atoms with E-state index in [2.05, 4.69) is 0 Å². The maximum atomic E-state index is 11.1. The molecular formula is C10H11NO4. The lowest BCUT2D eigenvalue weighted by Crippen LogP contribution is -2.48. The second-order valence-electron chi connectivity index (χ2n) is 3.31.